The van der Waals surface area contributed by atoms with Gasteiger partial charge in [0.1, 0.15) is 6.23 Å². The number of aromatic nitrogens is 4. The highest BCUT2D eigenvalue weighted by molar-refractivity contribution is 6.99. The molecule has 1 aliphatic heterocycles. The summed E-state index contributed by atoms with van der Waals surface area (Å²) in [5, 5.41) is 13.5. The average Bonchev–Trinajstić information content (AvgIpc) is 3.66. The fraction of sp³-hybridized carbons (Fsp3) is 0.419. The lowest BCUT2D eigenvalue weighted by atomic mass is 10.0. The van der Waals surface area contributed by atoms with E-state index in [1.165, 1.54) is 10.4 Å². The van der Waals surface area contributed by atoms with Crippen molar-refractivity contribution in [2.24, 2.45) is 10.9 Å². The minimum absolute atomic E-state index is 0.0441. The van der Waals surface area contributed by atoms with Gasteiger partial charge in [0.05, 0.1) is 31.0 Å². The lowest BCUT2D eigenvalue weighted by Gasteiger charge is -2.45. The molecule has 0 unspecified atom stereocenters. The van der Waals surface area contributed by atoms with Gasteiger partial charge in [-0.05, 0) is 15.4 Å². The largest absolute Gasteiger partial charge is 0.404 e. The minimum Gasteiger partial charge on any atom is -0.404 e. The lowest BCUT2D eigenvalue weighted by Crippen LogP contribution is -2.68. The SMILES string of the molecule is CN(C)/C=N/c1nc2c(ncn2[C@H]2C[C@@H]3[C@H](O2)[C@H](O)C[C@H]3O[Si](c2ccccc2)(c2ccccc2)C(C)(C)C)c(=O)[nH]1. The van der Waals surface area contributed by atoms with E-state index in [-0.39, 0.29) is 34.1 Å². The molecule has 2 aliphatic rings. The Morgan fingerprint density at radius 2 is 1.74 bits per heavy atom. The molecule has 0 spiro atoms. The summed E-state index contributed by atoms with van der Waals surface area (Å²) in [6.07, 6.45) is 2.52. The average molecular weight is 587 g/mol. The van der Waals surface area contributed by atoms with Crippen LogP contribution in [0.5, 0.6) is 0 Å². The Morgan fingerprint density at radius 1 is 1.10 bits per heavy atom. The number of ether oxygens (including phenoxy) is 1. The second-order valence-electron chi connectivity index (χ2n) is 12.5. The molecule has 0 radical (unpaired) electrons. The number of hydrogen-bond acceptors (Lipinski definition) is 7. The molecule has 220 valence electrons. The second kappa shape index (κ2) is 10.9. The molecule has 42 heavy (non-hydrogen) atoms. The number of aliphatic hydroxyl groups excluding tert-OH is 1. The van der Waals surface area contributed by atoms with Crippen LogP contribution in [0.15, 0.2) is 76.8 Å². The summed E-state index contributed by atoms with van der Waals surface area (Å²) in [6, 6.07) is 21.1. The van der Waals surface area contributed by atoms with Gasteiger partial charge in [-0.2, -0.15) is 4.98 Å². The minimum atomic E-state index is -2.83. The van der Waals surface area contributed by atoms with Crippen molar-refractivity contribution in [2.75, 3.05) is 14.1 Å². The van der Waals surface area contributed by atoms with E-state index in [4.69, 9.17) is 9.16 Å². The van der Waals surface area contributed by atoms with Crippen molar-refractivity contribution in [3.05, 3.63) is 77.3 Å². The first-order chi connectivity index (χ1) is 20.1. The van der Waals surface area contributed by atoms with Crippen molar-refractivity contribution >= 4 is 42.1 Å². The van der Waals surface area contributed by atoms with Crippen LogP contribution in [0, 0.1) is 5.92 Å². The summed E-state index contributed by atoms with van der Waals surface area (Å²) in [7, 11) is 0.846. The van der Waals surface area contributed by atoms with Crippen LogP contribution in [0.25, 0.3) is 11.2 Å². The number of fused-ring (bicyclic) bond motifs is 2. The van der Waals surface area contributed by atoms with Crippen LogP contribution in [-0.2, 0) is 9.16 Å². The zero-order chi connectivity index (χ0) is 29.6. The van der Waals surface area contributed by atoms with E-state index in [1.54, 1.807) is 22.1 Å². The third-order valence-electron chi connectivity index (χ3n) is 8.43. The lowest BCUT2D eigenvalue weighted by molar-refractivity contribution is -0.0525. The molecule has 1 saturated heterocycles. The van der Waals surface area contributed by atoms with Gasteiger partial charge in [0.15, 0.2) is 11.2 Å². The zero-order valence-corrected chi connectivity index (χ0v) is 25.6. The zero-order valence-electron chi connectivity index (χ0n) is 24.6. The molecule has 1 aliphatic carbocycles. The number of benzene rings is 2. The van der Waals surface area contributed by atoms with Gasteiger partial charge in [-0.1, -0.05) is 81.4 Å². The molecule has 0 bridgehead atoms. The molecule has 2 aromatic heterocycles. The Kier molecular flexibility index (Phi) is 7.38. The number of aliphatic hydroxyl groups is 1. The van der Waals surface area contributed by atoms with Crippen LogP contribution in [0.1, 0.15) is 39.8 Å². The van der Waals surface area contributed by atoms with E-state index in [0.29, 0.717) is 18.5 Å². The number of rotatable bonds is 7. The van der Waals surface area contributed by atoms with E-state index < -0.39 is 26.8 Å². The summed E-state index contributed by atoms with van der Waals surface area (Å²) in [5.41, 5.74) is 0.254. The van der Waals surface area contributed by atoms with Crippen molar-refractivity contribution in [1.29, 1.82) is 0 Å². The highest BCUT2D eigenvalue weighted by atomic mass is 28.4. The van der Waals surface area contributed by atoms with Gasteiger partial charge in [0.2, 0.25) is 5.95 Å². The summed E-state index contributed by atoms with van der Waals surface area (Å²) in [4.78, 5) is 30.3. The highest BCUT2D eigenvalue weighted by Gasteiger charge is 2.57. The second-order valence-corrected chi connectivity index (χ2v) is 16.8. The maximum absolute atomic E-state index is 12.7. The molecule has 4 aromatic rings. The van der Waals surface area contributed by atoms with E-state index in [1.807, 2.05) is 26.2 Å². The first-order valence-electron chi connectivity index (χ1n) is 14.4. The van der Waals surface area contributed by atoms with E-state index in [2.05, 4.69) is 89.2 Å². The molecule has 10 nitrogen and oxygen atoms in total. The monoisotopic (exact) mass is 586 g/mol. The number of hydrogen-bond donors (Lipinski definition) is 2. The molecule has 2 fully saturated rings. The van der Waals surface area contributed by atoms with Crippen molar-refractivity contribution in [1.82, 2.24) is 24.4 Å². The van der Waals surface area contributed by atoms with Gasteiger partial charge in [-0.3, -0.25) is 14.3 Å². The maximum atomic E-state index is 12.7. The molecular weight excluding hydrogens is 548 g/mol. The molecule has 2 N–H and O–H groups in total. The number of aromatic amines is 1. The first kappa shape index (κ1) is 28.5. The standard InChI is InChI=1S/C31H38N6O4Si/c1-31(2,3)42(20-12-8-6-9-13-20,21-14-10-7-11-15-21)41-24-17-23(38)27-22(24)16-25(40-27)37-19-32-26-28(37)34-30(35-29(26)39)33-18-36(4)5/h6-15,18-19,22-25,27,38H,16-17H2,1-5H3,(H,34,35,39)/b33-18+/t22-,23+,24+,25+,27-/m0/s1. The van der Waals surface area contributed by atoms with Gasteiger partial charge >= 0.3 is 0 Å². The number of H-pyrrole nitrogens is 1. The Bertz CT molecular complexity index is 1590. The number of nitrogens with one attached hydrogen (secondary N) is 1. The van der Waals surface area contributed by atoms with E-state index in [0.717, 1.165) is 0 Å². The van der Waals surface area contributed by atoms with Crippen molar-refractivity contribution in [2.45, 2.75) is 63.2 Å². The number of aliphatic imine (C=N–C) groups is 1. The predicted octanol–water partition coefficient (Wildman–Crippen LogP) is 2.95. The molecule has 3 heterocycles. The van der Waals surface area contributed by atoms with Crippen LogP contribution in [0.4, 0.5) is 5.95 Å². The van der Waals surface area contributed by atoms with Gasteiger partial charge in [-0.15, -0.1) is 0 Å². The summed E-state index contributed by atoms with van der Waals surface area (Å²) in [6.45, 7) is 6.77. The molecular formula is C31H38N6O4Si. The number of nitrogens with zero attached hydrogens (tertiary/aromatic N) is 5. The Hall–Kier alpha value is -3.64. The smallest absolute Gasteiger partial charge is 0.280 e. The van der Waals surface area contributed by atoms with Crippen LogP contribution < -0.4 is 15.9 Å². The van der Waals surface area contributed by atoms with E-state index in [9.17, 15) is 9.90 Å². The fourth-order valence-corrected chi connectivity index (χ4v) is 11.3. The maximum Gasteiger partial charge on any atom is 0.280 e. The third kappa shape index (κ3) is 4.90. The predicted molar refractivity (Wildman–Crippen MR) is 165 cm³/mol. The van der Waals surface area contributed by atoms with Crippen LogP contribution >= 0.6 is 0 Å². The van der Waals surface area contributed by atoms with Gasteiger partial charge in [0, 0.05) is 32.9 Å². The third-order valence-corrected chi connectivity index (χ3v) is 13.5. The number of imidazole rings is 1. The summed E-state index contributed by atoms with van der Waals surface area (Å²) in [5.74, 6) is 0.145. The fourth-order valence-electron chi connectivity index (χ4n) is 6.58. The Balaban J connectivity index is 1.36. The molecule has 6 rings (SSSR count). The van der Waals surface area contributed by atoms with Crippen molar-refractivity contribution in [3.8, 4) is 0 Å². The Labute approximate surface area is 246 Å². The van der Waals surface area contributed by atoms with Crippen molar-refractivity contribution < 1.29 is 14.3 Å². The molecule has 1 saturated carbocycles. The van der Waals surface area contributed by atoms with Gasteiger partial charge in [-0.25, -0.2) is 9.98 Å². The summed E-state index contributed by atoms with van der Waals surface area (Å²) >= 11 is 0. The van der Waals surface area contributed by atoms with Crippen LogP contribution in [-0.4, -0.2) is 76.6 Å². The first-order valence-corrected chi connectivity index (χ1v) is 16.3. The summed E-state index contributed by atoms with van der Waals surface area (Å²) < 4.78 is 15.7. The van der Waals surface area contributed by atoms with Crippen LogP contribution in [0.2, 0.25) is 5.04 Å². The topological polar surface area (TPSA) is 118 Å². The van der Waals surface area contributed by atoms with Crippen molar-refractivity contribution in [3.63, 3.8) is 0 Å². The molecule has 5 atom stereocenters. The van der Waals surface area contributed by atoms with Gasteiger partial charge in [0.25, 0.3) is 13.9 Å². The highest BCUT2D eigenvalue weighted by Crippen LogP contribution is 2.48. The molecule has 0 amide bonds. The van der Waals surface area contributed by atoms with Gasteiger partial charge < -0.3 is 19.2 Å². The van der Waals surface area contributed by atoms with E-state index >= 15 is 0 Å². The normalized spacial score (nSPS) is 24.5. The quantitative estimate of drug-likeness (QED) is 0.194. The van der Waals surface area contributed by atoms with Crippen LogP contribution in [0.3, 0.4) is 0 Å². The Morgan fingerprint density at radius 3 is 2.33 bits per heavy atom. The molecule has 11 heteroatoms. The molecule has 2 aromatic carbocycles.